The number of carbonyl (C=O) groups excluding carboxylic acids is 1. The molecule has 1 aliphatic heterocycles. The lowest BCUT2D eigenvalue weighted by molar-refractivity contribution is 0.0279. The van der Waals surface area contributed by atoms with E-state index in [1.807, 2.05) is 12.1 Å². The summed E-state index contributed by atoms with van der Waals surface area (Å²) in [7, 11) is 1.60. The van der Waals surface area contributed by atoms with E-state index in [4.69, 9.17) is 23.4 Å². The van der Waals surface area contributed by atoms with Gasteiger partial charge >= 0.3 is 5.97 Å². The van der Waals surface area contributed by atoms with Crippen molar-refractivity contribution in [1.82, 2.24) is 10.2 Å². The number of carbonyl (C=O) groups is 1. The third-order valence-electron chi connectivity index (χ3n) is 4.39. The second kappa shape index (κ2) is 8.22. The smallest absolute Gasteiger partial charge is 0.339 e. The molecule has 1 aliphatic rings. The summed E-state index contributed by atoms with van der Waals surface area (Å²) in [6.07, 6.45) is 0.0807. The Morgan fingerprint density at radius 2 is 1.79 bits per heavy atom. The van der Waals surface area contributed by atoms with Gasteiger partial charge in [0.05, 0.1) is 25.9 Å². The van der Waals surface area contributed by atoms with Crippen molar-refractivity contribution in [3.05, 3.63) is 53.9 Å². The first-order valence-corrected chi connectivity index (χ1v) is 9.22. The highest BCUT2D eigenvalue weighted by Gasteiger charge is 2.21. The number of hydrogen-bond acceptors (Lipinski definition) is 8. The van der Waals surface area contributed by atoms with Crippen LogP contribution in [-0.4, -0.2) is 36.5 Å². The Hall–Kier alpha value is -3.55. The molecule has 0 unspecified atom stereocenters. The lowest BCUT2D eigenvalue weighted by atomic mass is 10.2. The molecule has 3 aromatic rings. The summed E-state index contributed by atoms with van der Waals surface area (Å²) in [5.74, 6) is 1.90. The molecule has 4 rings (SSSR count). The highest BCUT2D eigenvalue weighted by molar-refractivity contribution is 5.90. The van der Waals surface area contributed by atoms with Gasteiger partial charge in [0.15, 0.2) is 17.6 Å². The van der Waals surface area contributed by atoms with E-state index < -0.39 is 12.1 Å². The summed E-state index contributed by atoms with van der Waals surface area (Å²) < 4.78 is 27.5. The Balaban J connectivity index is 1.45. The van der Waals surface area contributed by atoms with Gasteiger partial charge in [0, 0.05) is 12.0 Å². The largest absolute Gasteiger partial charge is 0.497 e. The third kappa shape index (κ3) is 4.16. The first-order valence-electron chi connectivity index (χ1n) is 9.22. The van der Waals surface area contributed by atoms with Gasteiger partial charge in [-0.05, 0) is 49.4 Å². The SMILES string of the molecule is COc1ccc(-c2nnc([C@H](C)OC(=O)c3ccc4c(c3)OCCCO4)o2)cc1. The molecule has 0 amide bonds. The van der Waals surface area contributed by atoms with Crippen LogP contribution in [0.5, 0.6) is 17.2 Å². The third-order valence-corrected chi connectivity index (χ3v) is 4.39. The Bertz CT molecular complexity index is 999. The number of fused-ring (bicyclic) bond motifs is 1. The van der Waals surface area contributed by atoms with Gasteiger partial charge in [-0.3, -0.25) is 0 Å². The molecule has 0 spiro atoms. The Morgan fingerprint density at radius 3 is 2.55 bits per heavy atom. The number of ether oxygens (including phenoxy) is 4. The molecule has 0 radical (unpaired) electrons. The van der Waals surface area contributed by atoms with Crippen LogP contribution in [0.3, 0.4) is 0 Å². The molecule has 0 aliphatic carbocycles. The highest BCUT2D eigenvalue weighted by atomic mass is 16.6. The van der Waals surface area contributed by atoms with E-state index in [9.17, 15) is 4.79 Å². The van der Waals surface area contributed by atoms with Gasteiger partial charge in [-0.15, -0.1) is 10.2 Å². The predicted molar refractivity (Wildman–Crippen MR) is 102 cm³/mol. The number of rotatable bonds is 5. The molecule has 2 heterocycles. The molecular formula is C21H20N2O6. The molecular weight excluding hydrogens is 376 g/mol. The Kier molecular flexibility index (Phi) is 5.33. The fraction of sp³-hybridized carbons (Fsp3) is 0.286. The summed E-state index contributed by atoms with van der Waals surface area (Å²) in [4.78, 5) is 12.5. The van der Waals surface area contributed by atoms with Crippen LogP contribution in [0.1, 0.15) is 35.7 Å². The zero-order chi connectivity index (χ0) is 20.2. The van der Waals surface area contributed by atoms with E-state index in [1.54, 1.807) is 44.4 Å². The first kappa shape index (κ1) is 18.8. The van der Waals surface area contributed by atoms with Gasteiger partial charge in [0.25, 0.3) is 5.89 Å². The predicted octanol–water partition coefficient (Wildman–Crippen LogP) is 3.82. The monoisotopic (exact) mass is 396 g/mol. The molecule has 1 aromatic heterocycles. The minimum Gasteiger partial charge on any atom is -0.497 e. The fourth-order valence-electron chi connectivity index (χ4n) is 2.82. The van der Waals surface area contributed by atoms with Crippen molar-refractivity contribution in [3.63, 3.8) is 0 Å². The lowest BCUT2D eigenvalue weighted by Gasteiger charge is -2.11. The van der Waals surface area contributed by atoms with Gasteiger partial charge in [0.1, 0.15) is 5.75 Å². The maximum atomic E-state index is 12.5. The highest BCUT2D eigenvalue weighted by Crippen LogP contribution is 2.31. The second-order valence-electron chi connectivity index (χ2n) is 6.43. The van der Waals surface area contributed by atoms with Crippen molar-refractivity contribution >= 4 is 5.97 Å². The summed E-state index contributed by atoms with van der Waals surface area (Å²) in [6.45, 7) is 2.80. The standard InChI is InChI=1S/C21H20N2O6/c1-13(19-22-23-20(29-19)14-4-7-16(25-2)8-5-14)28-21(24)15-6-9-17-18(12-15)27-11-3-10-26-17/h4-9,12-13H,3,10-11H2,1-2H3/t13-/m0/s1. The maximum absolute atomic E-state index is 12.5. The summed E-state index contributed by atoms with van der Waals surface area (Å²) in [6, 6.07) is 12.2. The number of benzene rings is 2. The van der Waals surface area contributed by atoms with Gasteiger partial charge in [-0.1, -0.05) is 0 Å². The lowest BCUT2D eigenvalue weighted by Crippen LogP contribution is -2.10. The minimum atomic E-state index is -0.710. The Morgan fingerprint density at radius 1 is 1.03 bits per heavy atom. The van der Waals surface area contributed by atoms with Crippen LogP contribution < -0.4 is 14.2 Å². The normalized spacial score (nSPS) is 14.0. The van der Waals surface area contributed by atoms with E-state index in [1.165, 1.54) is 0 Å². The zero-order valence-electron chi connectivity index (χ0n) is 16.1. The van der Waals surface area contributed by atoms with Crippen LogP contribution in [0.15, 0.2) is 46.9 Å². The molecule has 0 fully saturated rings. The number of aromatic nitrogens is 2. The van der Waals surface area contributed by atoms with Crippen LogP contribution in [0.4, 0.5) is 0 Å². The van der Waals surface area contributed by atoms with E-state index in [0.717, 1.165) is 17.7 Å². The zero-order valence-corrected chi connectivity index (χ0v) is 16.1. The molecule has 0 saturated carbocycles. The van der Waals surface area contributed by atoms with Crippen molar-refractivity contribution in [1.29, 1.82) is 0 Å². The van der Waals surface area contributed by atoms with Crippen molar-refractivity contribution in [2.75, 3.05) is 20.3 Å². The van der Waals surface area contributed by atoms with E-state index in [-0.39, 0.29) is 5.89 Å². The molecule has 0 saturated heterocycles. The van der Waals surface area contributed by atoms with Crippen molar-refractivity contribution < 1.29 is 28.2 Å². The maximum Gasteiger partial charge on any atom is 0.339 e. The van der Waals surface area contributed by atoms with Crippen molar-refractivity contribution in [2.24, 2.45) is 0 Å². The molecule has 2 aromatic carbocycles. The second-order valence-corrected chi connectivity index (χ2v) is 6.43. The molecule has 8 heteroatoms. The average molecular weight is 396 g/mol. The van der Waals surface area contributed by atoms with Crippen molar-refractivity contribution in [3.8, 4) is 28.7 Å². The van der Waals surface area contributed by atoms with Gasteiger partial charge < -0.3 is 23.4 Å². The summed E-state index contributed by atoms with van der Waals surface area (Å²) >= 11 is 0. The van der Waals surface area contributed by atoms with Crippen molar-refractivity contribution in [2.45, 2.75) is 19.4 Å². The van der Waals surface area contributed by atoms with Gasteiger partial charge in [0.2, 0.25) is 5.89 Å². The average Bonchev–Trinajstić information content (AvgIpc) is 3.13. The molecule has 150 valence electrons. The number of nitrogens with zero attached hydrogens (tertiary/aromatic N) is 2. The molecule has 0 N–H and O–H groups in total. The topological polar surface area (TPSA) is 92.9 Å². The molecule has 1 atom stereocenters. The van der Waals surface area contributed by atoms with Crippen LogP contribution >= 0.6 is 0 Å². The number of methoxy groups -OCH3 is 1. The first-order chi connectivity index (χ1) is 14.1. The van der Waals surface area contributed by atoms with Crippen LogP contribution in [0.25, 0.3) is 11.5 Å². The van der Waals surface area contributed by atoms with E-state index >= 15 is 0 Å². The van der Waals surface area contributed by atoms with Crippen LogP contribution in [0.2, 0.25) is 0 Å². The fourth-order valence-corrected chi connectivity index (χ4v) is 2.82. The molecule has 8 nitrogen and oxygen atoms in total. The van der Waals surface area contributed by atoms with Gasteiger partial charge in [-0.2, -0.15) is 0 Å². The summed E-state index contributed by atoms with van der Waals surface area (Å²) in [5, 5.41) is 8.02. The number of esters is 1. The minimum absolute atomic E-state index is 0.207. The number of hydrogen-bond donors (Lipinski definition) is 0. The molecule has 0 bridgehead atoms. The molecule has 29 heavy (non-hydrogen) atoms. The van der Waals surface area contributed by atoms with E-state index in [2.05, 4.69) is 10.2 Å². The Labute approximate surface area is 167 Å². The van der Waals surface area contributed by atoms with Crippen LogP contribution in [0, 0.1) is 0 Å². The van der Waals surface area contributed by atoms with Gasteiger partial charge in [-0.25, -0.2) is 4.79 Å². The van der Waals surface area contributed by atoms with Crippen LogP contribution in [-0.2, 0) is 4.74 Å². The summed E-state index contributed by atoms with van der Waals surface area (Å²) in [5.41, 5.74) is 1.10. The van der Waals surface area contributed by atoms with E-state index in [0.29, 0.717) is 36.2 Å². The quantitative estimate of drug-likeness (QED) is 0.601.